The van der Waals surface area contributed by atoms with Crippen LogP contribution in [0.2, 0.25) is 0 Å². The molecule has 3 heterocycles. The van der Waals surface area contributed by atoms with E-state index in [0.717, 1.165) is 30.9 Å². The second kappa shape index (κ2) is 11.3. The maximum Gasteiger partial charge on any atom is 0.287 e. The van der Waals surface area contributed by atoms with Crippen LogP contribution in [0.3, 0.4) is 0 Å². The Balaban J connectivity index is 1.69. The van der Waals surface area contributed by atoms with E-state index in [4.69, 9.17) is 4.74 Å². The average molecular weight is 479 g/mol. The van der Waals surface area contributed by atoms with E-state index in [1.54, 1.807) is 7.05 Å². The van der Waals surface area contributed by atoms with Gasteiger partial charge >= 0.3 is 0 Å². The third-order valence-electron chi connectivity index (χ3n) is 5.33. The number of carbonyl (C=O) groups excluding carboxylic acids is 2. The molecule has 0 atom stereocenters. The number of nitrogens with zero attached hydrogens (tertiary/aromatic N) is 4. The molecule has 11 nitrogen and oxygen atoms in total. The topological polar surface area (TPSA) is 132 Å². The molecular weight excluding hydrogens is 448 g/mol. The number of aryl methyl sites for hydroxylation is 2. The number of carbonyl (C=O) groups is 2. The van der Waals surface area contributed by atoms with Crippen molar-refractivity contribution in [2.75, 3.05) is 44.7 Å². The van der Waals surface area contributed by atoms with Crippen LogP contribution in [0.4, 0.5) is 10.8 Å². The molecule has 0 spiro atoms. The summed E-state index contributed by atoms with van der Waals surface area (Å²) in [6.07, 6.45) is 2.83. The van der Waals surface area contributed by atoms with E-state index in [2.05, 4.69) is 34.4 Å². The Morgan fingerprint density at radius 2 is 2.03 bits per heavy atom. The Morgan fingerprint density at radius 1 is 1.30 bits per heavy atom. The first-order valence-electron chi connectivity index (χ1n) is 10.9. The van der Waals surface area contributed by atoms with E-state index in [1.165, 1.54) is 28.2 Å². The Morgan fingerprint density at radius 3 is 2.67 bits per heavy atom. The Bertz CT molecular complexity index is 995. The van der Waals surface area contributed by atoms with Crippen LogP contribution in [0, 0.1) is 16.0 Å². The Hall–Kier alpha value is -2.83. The third kappa shape index (κ3) is 6.83. The molecule has 2 aromatic heterocycles. The minimum absolute atomic E-state index is 0.136. The zero-order chi connectivity index (χ0) is 24.0. The molecule has 1 aliphatic rings. The lowest BCUT2D eigenvalue weighted by atomic mass is 10.1. The van der Waals surface area contributed by atoms with Crippen molar-refractivity contribution >= 4 is 34.0 Å². The predicted molar refractivity (Wildman–Crippen MR) is 125 cm³/mol. The number of anilines is 1. The molecule has 3 rings (SSSR count). The number of amides is 2. The van der Waals surface area contributed by atoms with Gasteiger partial charge in [-0.1, -0.05) is 13.8 Å². The maximum absolute atomic E-state index is 12.9. The number of hydrogen-bond donors (Lipinski definition) is 2. The van der Waals surface area contributed by atoms with Crippen molar-refractivity contribution in [1.82, 2.24) is 19.8 Å². The predicted octanol–water partition coefficient (Wildman–Crippen LogP) is 2.29. The molecule has 0 aromatic carbocycles. The number of aromatic nitrogens is 2. The van der Waals surface area contributed by atoms with E-state index in [9.17, 15) is 19.7 Å². The van der Waals surface area contributed by atoms with Gasteiger partial charge in [-0.2, -0.15) is 0 Å². The summed E-state index contributed by atoms with van der Waals surface area (Å²) in [7, 11) is 1.56. The van der Waals surface area contributed by atoms with Gasteiger partial charge in [-0.05, 0) is 18.8 Å². The van der Waals surface area contributed by atoms with Gasteiger partial charge in [0.05, 0.1) is 24.3 Å². The molecular formula is C21H30N6O5S. The third-order valence-corrected chi connectivity index (χ3v) is 6.36. The molecule has 180 valence electrons. The number of nitro groups is 1. The van der Waals surface area contributed by atoms with Crippen molar-refractivity contribution in [2.45, 2.75) is 26.7 Å². The molecule has 0 unspecified atom stereocenters. The fourth-order valence-corrected chi connectivity index (χ4v) is 4.41. The molecule has 33 heavy (non-hydrogen) atoms. The first kappa shape index (κ1) is 24.8. The van der Waals surface area contributed by atoms with Crippen LogP contribution in [0.1, 0.15) is 46.1 Å². The van der Waals surface area contributed by atoms with Crippen LogP contribution < -0.4 is 10.6 Å². The van der Waals surface area contributed by atoms with E-state index in [0.29, 0.717) is 42.9 Å². The maximum atomic E-state index is 12.9. The van der Waals surface area contributed by atoms with E-state index in [-0.39, 0.29) is 17.3 Å². The summed E-state index contributed by atoms with van der Waals surface area (Å²) in [6, 6.07) is 1.21. The molecule has 2 amide bonds. The van der Waals surface area contributed by atoms with Crippen molar-refractivity contribution in [3.05, 3.63) is 38.6 Å². The first-order valence-corrected chi connectivity index (χ1v) is 11.8. The summed E-state index contributed by atoms with van der Waals surface area (Å²) >= 11 is 1.26. The van der Waals surface area contributed by atoms with Crippen LogP contribution in [-0.2, 0) is 18.2 Å². The Kier molecular flexibility index (Phi) is 8.53. The van der Waals surface area contributed by atoms with E-state index in [1.807, 2.05) is 0 Å². The van der Waals surface area contributed by atoms with Gasteiger partial charge in [0.1, 0.15) is 11.4 Å². The van der Waals surface area contributed by atoms with E-state index < -0.39 is 10.8 Å². The van der Waals surface area contributed by atoms with Crippen molar-refractivity contribution in [1.29, 1.82) is 0 Å². The minimum Gasteiger partial charge on any atom is -0.379 e. The van der Waals surface area contributed by atoms with Gasteiger partial charge in [-0.15, -0.1) is 11.3 Å². The summed E-state index contributed by atoms with van der Waals surface area (Å²) in [5, 5.41) is 16.9. The molecule has 1 saturated heterocycles. The fraction of sp³-hybridized carbons (Fsp3) is 0.571. The van der Waals surface area contributed by atoms with Gasteiger partial charge in [-0.3, -0.25) is 29.9 Å². The molecule has 0 aliphatic carbocycles. The molecule has 1 fully saturated rings. The molecule has 0 saturated carbocycles. The fourth-order valence-electron chi connectivity index (χ4n) is 3.44. The zero-order valence-electron chi connectivity index (χ0n) is 19.1. The van der Waals surface area contributed by atoms with Crippen molar-refractivity contribution in [2.24, 2.45) is 13.0 Å². The van der Waals surface area contributed by atoms with Gasteiger partial charge in [0.2, 0.25) is 0 Å². The number of rotatable bonds is 10. The summed E-state index contributed by atoms with van der Waals surface area (Å²) < 4.78 is 6.73. The van der Waals surface area contributed by atoms with Gasteiger partial charge in [0, 0.05) is 44.2 Å². The van der Waals surface area contributed by atoms with Crippen LogP contribution in [-0.4, -0.2) is 70.6 Å². The molecule has 2 aromatic rings. The molecule has 0 bridgehead atoms. The van der Waals surface area contributed by atoms with Gasteiger partial charge in [0.25, 0.3) is 17.5 Å². The largest absolute Gasteiger partial charge is 0.379 e. The number of morpholine rings is 1. The minimum atomic E-state index is -0.552. The lowest BCUT2D eigenvalue weighted by molar-refractivity contribution is -0.384. The van der Waals surface area contributed by atoms with Crippen LogP contribution in [0.15, 0.2) is 12.3 Å². The highest BCUT2D eigenvalue weighted by atomic mass is 32.1. The van der Waals surface area contributed by atoms with E-state index >= 15 is 0 Å². The normalized spacial score (nSPS) is 14.4. The molecule has 0 radical (unpaired) electrons. The summed E-state index contributed by atoms with van der Waals surface area (Å²) in [6.45, 7) is 8.53. The lowest BCUT2D eigenvalue weighted by Crippen LogP contribution is -2.41. The highest BCUT2D eigenvalue weighted by Crippen LogP contribution is 2.27. The smallest absolute Gasteiger partial charge is 0.287 e. The second-order valence-electron chi connectivity index (χ2n) is 8.34. The summed E-state index contributed by atoms with van der Waals surface area (Å²) in [5.41, 5.74) is 0.285. The summed E-state index contributed by atoms with van der Waals surface area (Å²) in [4.78, 5) is 43.4. The van der Waals surface area contributed by atoms with Crippen molar-refractivity contribution < 1.29 is 19.2 Å². The molecule has 1 aliphatic heterocycles. The van der Waals surface area contributed by atoms with Crippen molar-refractivity contribution in [3.63, 3.8) is 0 Å². The van der Waals surface area contributed by atoms with Crippen LogP contribution >= 0.6 is 11.3 Å². The van der Waals surface area contributed by atoms with Crippen LogP contribution in [0.5, 0.6) is 0 Å². The van der Waals surface area contributed by atoms with Gasteiger partial charge in [-0.25, -0.2) is 4.98 Å². The standard InChI is InChI=1S/C21H30N6O5S/c1-14(2)4-5-17-18(20(29)22-6-7-26-8-10-32-11-9-26)23-21(33-17)24-19(28)16-12-15(27(30)31)13-25(16)3/h12-14H,4-11H2,1-3H3,(H,22,29)(H,23,24,28). The Labute approximate surface area is 196 Å². The summed E-state index contributed by atoms with van der Waals surface area (Å²) in [5.74, 6) is -0.339. The number of nitrogens with one attached hydrogen (secondary N) is 2. The highest BCUT2D eigenvalue weighted by molar-refractivity contribution is 7.16. The van der Waals surface area contributed by atoms with Crippen LogP contribution in [0.25, 0.3) is 0 Å². The molecule has 2 N–H and O–H groups in total. The first-order chi connectivity index (χ1) is 15.7. The monoisotopic (exact) mass is 478 g/mol. The zero-order valence-corrected chi connectivity index (χ0v) is 19.9. The number of thiazole rings is 1. The van der Waals surface area contributed by atoms with Crippen molar-refractivity contribution in [3.8, 4) is 0 Å². The highest BCUT2D eigenvalue weighted by Gasteiger charge is 2.22. The van der Waals surface area contributed by atoms with Gasteiger partial charge in [0.15, 0.2) is 5.13 Å². The number of ether oxygens (including phenoxy) is 1. The quantitative estimate of drug-likeness (QED) is 0.396. The SMILES string of the molecule is CC(C)CCc1sc(NC(=O)c2cc([N+](=O)[O-])cn2C)nc1C(=O)NCCN1CCOCC1. The number of hydrogen-bond acceptors (Lipinski definition) is 8. The average Bonchev–Trinajstić information content (AvgIpc) is 3.36. The lowest BCUT2D eigenvalue weighted by Gasteiger charge is -2.26. The molecule has 12 heteroatoms. The van der Waals surface area contributed by atoms with Gasteiger partial charge < -0.3 is 14.6 Å². The second-order valence-corrected chi connectivity index (χ2v) is 9.42.